The summed E-state index contributed by atoms with van der Waals surface area (Å²) < 4.78 is 1.65. The van der Waals surface area contributed by atoms with Crippen molar-refractivity contribution < 1.29 is 0 Å². The molecule has 16 heavy (non-hydrogen) atoms. The highest BCUT2D eigenvalue weighted by Gasteiger charge is 2.11. The summed E-state index contributed by atoms with van der Waals surface area (Å²) in [5, 5.41) is 4.09. The van der Waals surface area contributed by atoms with E-state index in [4.69, 9.17) is 6.57 Å². The summed E-state index contributed by atoms with van der Waals surface area (Å²) in [6, 6.07) is 5.66. The molecule has 0 aliphatic heterocycles. The molecule has 0 aliphatic carbocycles. The van der Waals surface area contributed by atoms with Crippen LogP contribution in [-0.4, -0.2) is 14.8 Å². The molecule has 0 aliphatic rings. The third-order valence-corrected chi connectivity index (χ3v) is 2.36. The molecule has 2 rings (SSSR count). The van der Waals surface area contributed by atoms with Crippen molar-refractivity contribution in [1.29, 1.82) is 0 Å². The first-order valence-electron chi connectivity index (χ1n) is 5.11. The van der Waals surface area contributed by atoms with Gasteiger partial charge in [-0.1, -0.05) is 31.5 Å². The van der Waals surface area contributed by atoms with Crippen molar-refractivity contribution in [2.45, 2.75) is 19.8 Å². The third kappa shape index (κ3) is 1.80. The molecule has 4 nitrogen and oxygen atoms in total. The monoisotopic (exact) mass is 212 g/mol. The number of hydrogen-bond acceptors (Lipinski definition) is 2. The van der Waals surface area contributed by atoms with Crippen LogP contribution >= 0.6 is 0 Å². The van der Waals surface area contributed by atoms with Gasteiger partial charge in [0, 0.05) is 18.5 Å². The van der Waals surface area contributed by atoms with E-state index in [0.29, 0.717) is 17.6 Å². The summed E-state index contributed by atoms with van der Waals surface area (Å²) in [5.41, 5.74) is 0.978. The van der Waals surface area contributed by atoms with Crippen molar-refractivity contribution in [3.8, 4) is 5.82 Å². The molecule has 0 spiro atoms. The molecule has 0 saturated heterocycles. The van der Waals surface area contributed by atoms with E-state index in [0.717, 1.165) is 5.56 Å². The smallest absolute Gasteiger partial charge is 0.275 e. The second-order valence-electron chi connectivity index (χ2n) is 3.80. The van der Waals surface area contributed by atoms with Crippen LogP contribution in [0.25, 0.3) is 10.7 Å². The summed E-state index contributed by atoms with van der Waals surface area (Å²) in [6.45, 7) is 11.2. The maximum atomic E-state index is 7.13. The van der Waals surface area contributed by atoms with Crippen LogP contribution in [0.2, 0.25) is 0 Å². The molecule has 2 heterocycles. The summed E-state index contributed by atoms with van der Waals surface area (Å²) in [6.07, 6.45) is 3.50. The predicted octanol–water partition coefficient (Wildman–Crippen LogP) is 2.94. The molecule has 0 bridgehead atoms. The molecule has 2 aromatic heterocycles. The standard InChI is InChI=1S/C12H12N4/c1-9(2)10-5-6-11(15-12(10)13-3)16-8-4-7-14-16/h4-9H,1-2H3. The van der Waals surface area contributed by atoms with Gasteiger partial charge in [0.1, 0.15) is 0 Å². The molecule has 80 valence electrons. The van der Waals surface area contributed by atoms with Crippen LogP contribution in [-0.2, 0) is 0 Å². The van der Waals surface area contributed by atoms with Gasteiger partial charge in [-0.15, -0.1) is 0 Å². The van der Waals surface area contributed by atoms with Crippen molar-refractivity contribution in [2.75, 3.05) is 0 Å². The van der Waals surface area contributed by atoms with Crippen LogP contribution < -0.4 is 0 Å². The van der Waals surface area contributed by atoms with Crippen LogP contribution in [0, 0.1) is 6.57 Å². The van der Waals surface area contributed by atoms with Gasteiger partial charge in [-0.2, -0.15) is 5.10 Å². The summed E-state index contributed by atoms with van der Waals surface area (Å²) in [7, 11) is 0. The van der Waals surface area contributed by atoms with Crippen molar-refractivity contribution in [3.63, 3.8) is 0 Å². The van der Waals surface area contributed by atoms with Gasteiger partial charge in [-0.25, -0.2) is 4.68 Å². The van der Waals surface area contributed by atoms with Crippen LogP contribution in [0.3, 0.4) is 0 Å². The first-order chi connectivity index (χ1) is 7.72. The average Bonchev–Trinajstić information content (AvgIpc) is 2.81. The number of pyridine rings is 1. The molecule has 0 aromatic carbocycles. The van der Waals surface area contributed by atoms with Gasteiger partial charge < -0.3 is 4.85 Å². The lowest BCUT2D eigenvalue weighted by Gasteiger charge is -2.07. The first kappa shape index (κ1) is 10.4. The van der Waals surface area contributed by atoms with Crippen molar-refractivity contribution in [3.05, 3.63) is 47.6 Å². The Kier molecular flexibility index (Phi) is 2.69. The summed E-state index contributed by atoms with van der Waals surface area (Å²) in [5.74, 6) is 1.45. The van der Waals surface area contributed by atoms with Crippen LogP contribution in [0.5, 0.6) is 0 Å². The molecule has 0 atom stereocenters. The second-order valence-corrected chi connectivity index (χ2v) is 3.80. The largest absolute Gasteiger partial charge is 0.360 e. The molecule has 0 N–H and O–H groups in total. The minimum absolute atomic E-state index is 0.309. The molecule has 0 saturated carbocycles. The highest BCUT2D eigenvalue weighted by atomic mass is 15.3. The number of nitrogens with zero attached hydrogens (tertiary/aromatic N) is 4. The maximum Gasteiger partial charge on any atom is 0.275 e. The molecule has 2 aromatic rings. The number of hydrogen-bond donors (Lipinski definition) is 0. The number of aromatic nitrogens is 3. The summed E-state index contributed by atoms with van der Waals surface area (Å²) in [4.78, 5) is 7.76. The summed E-state index contributed by atoms with van der Waals surface area (Å²) >= 11 is 0. The molecular formula is C12H12N4. The molecule has 0 unspecified atom stereocenters. The SMILES string of the molecule is [C-]#[N+]c1nc(-n2cccn2)ccc1C(C)C. The third-order valence-electron chi connectivity index (χ3n) is 2.36. The van der Waals surface area contributed by atoms with Gasteiger partial charge in [0.05, 0.1) is 0 Å². The van der Waals surface area contributed by atoms with Crippen LogP contribution in [0.1, 0.15) is 25.3 Å². The Hall–Kier alpha value is -2.15. The Bertz CT molecular complexity index is 520. The van der Waals surface area contributed by atoms with Gasteiger partial charge >= 0.3 is 0 Å². The van der Waals surface area contributed by atoms with E-state index in [1.54, 1.807) is 10.9 Å². The van der Waals surface area contributed by atoms with Crippen molar-refractivity contribution >= 4 is 5.82 Å². The maximum absolute atomic E-state index is 7.13. The zero-order chi connectivity index (χ0) is 11.5. The quantitative estimate of drug-likeness (QED) is 0.717. The highest BCUT2D eigenvalue weighted by molar-refractivity contribution is 5.50. The fraction of sp³-hybridized carbons (Fsp3) is 0.250. The van der Waals surface area contributed by atoms with Gasteiger partial charge in [0.25, 0.3) is 5.82 Å². The Balaban J connectivity index is 2.50. The van der Waals surface area contributed by atoms with Crippen LogP contribution in [0.15, 0.2) is 30.6 Å². The van der Waals surface area contributed by atoms with E-state index in [9.17, 15) is 0 Å². The highest BCUT2D eigenvalue weighted by Crippen LogP contribution is 2.25. The van der Waals surface area contributed by atoms with Crippen molar-refractivity contribution in [2.24, 2.45) is 0 Å². The zero-order valence-electron chi connectivity index (χ0n) is 9.25. The van der Waals surface area contributed by atoms with Crippen molar-refractivity contribution in [1.82, 2.24) is 14.8 Å². The molecule has 0 amide bonds. The minimum Gasteiger partial charge on any atom is -0.360 e. The first-order valence-corrected chi connectivity index (χ1v) is 5.11. The van der Waals surface area contributed by atoms with E-state index in [2.05, 4.69) is 28.8 Å². The van der Waals surface area contributed by atoms with Gasteiger partial charge in [-0.3, -0.25) is 0 Å². The van der Waals surface area contributed by atoms with Gasteiger partial charge in [0.2, 0.25) is 5.82 Å². The lowest BCUT2D eigenvalue weighted by molar-refractivity contribution is 0.829. The molecular weight excluding hydrogens is 200 g/mol. The van der Waals surface area contributed by atoms with Crippen LogP contribution in [0.4, 0.5) is 5.82 Å². The predicted molar refractivity (Wildman–Crippen MR) is 61.7 cm³/mol. The lowest BCUT2D eigenvalue weighted by Crippen LogP contribution is -1.99. The Morgan fingerprint density at radius 3 is 2.75 bits per heavy atom. The molecule has 0 fully saturated rings. The molecule has 4 heteroatoms. The zero-order valence-corrected chi connectivity index (χ0v) is 9.25. The fourth-order valence-corrected chi connectivity index (χ4v) is 1.52. The normalized spacial score (nSPS) is 10.4. The molecule has 0 radical (unpaired) electrons. The van der Waals surface area contributed by atoms with E-state index in [1.165, 1.54) is 0 Å². The van der Waals surface area contributed by atoms with E-state index in [-0.39, 0.29) is 0 Å². The van der Waals surface area contributed by atoms with E-state index < -0.39 is 0 Å². The second kappa shape index (κ2) is 4.15. The lowest BCUT2D eigenvalue weighted by atomic mass is 10.0. The Morgan fingerprint density at radius 2 is 2.19 bits per heavy atom. The number of rotatable bonds is 2. The Morgan fingerprint density at radius 1 is 1.38 bits per heavy atom. The van der Waals surface area contributed by atoms with Gasteiger partial charge in [-0.05, 0) is 17.5 Å². The Labute approximate surface area is 94.4 Å². The van der Waals surface area contributed by atoms with E-state index in [1.807, 2.05) is 24.4 Å². The minimum atomic E-state index is 0.309. The fourth-order valence-electron chi connectivity index (χ4n) is 1.52. The average molecular weight is 212 g/mol. The van der Waals surface area contributed by atoms with Gasteiger partial charge in [0.15, 0.2) is 0 Å². The van der Waals surface area contributed by atoms with E-state index >= 15 is 0 Å². The topological polar surface area (TPSA) is 35.1 Å².